The van der Waals surface area contributed by atoms with Crippen LogP contribution in [0.3, 0.4) is 0 Å². The smallest absolute Gasteiger partial charge is 0.261 e. The van der Waals surface area contributed by atoms with Gasteiger partial charge >= 0.3 is 0 Å². The van der Waals surface area contributed by atoms with Crippen molar-refractivity contribution in [1.29, 1.82) is 0 Å². The van der Waals surface area contributed by atoms with Crippen molar-refractivity contribution >= 4 is 38.3 Å². The Morgan fingerprint density at radius 2 is 1.80 bits per heavy atom. The summed E-state index contributed by atoms with van der Waals surface area (Å²) in [5.74, 6) is 0.658. The quantitative estimate of drug-likeness (QED) is 0.294. The minimum atomic E-state index is -3.92. The van der Waals surface area contributed by atoms with E-state index >= 15 is 0 Å². The Kier molecular flexibility index (Phi) is 5.59. The van der Waals surface area contributed by atoms with Gasteiger partial charge in [-0.1, -0.05) is 18.2 Å². The SMILES string of the molecule is Nc1ncnc2[nH]cc(C(=O)c3cccc(NS(=O)(=O)c4ccc(Oc5ccccn5)cc4)c3)c12. The lowest BCUT2D eigenvalue weighted by molar-refractivity contribution is 0.104. The number of sulfonamides is 1. The molecular formula is C24H18N6O4S. The molecule has 0 spiro atoms. The summed E-state index contributed by atoms with van der Waals surface area (Å²) in [6, 6.07) is 17.3. The second kappa shape index (κ2) is 8.88. The van der Waals surface area contributed by atoms with Gasteiger partial charge in [-0.25, -0.2) is 23.4 Å². The fourth-order valence-corrected chi connectivity index (χ4v) is 4.52. The molecular weight excluding hydrogens is 468 g/mol. The molecule has 0 saturated carbocycles. The number of nitrogens with one attached hydrogen (secondary N) is 2. The molecule has 4 N–H and O–H groups in total. The van der Waals surface area contributed by atoms with Gasteiger partial charge < -0.3 is 15.5 Å². The molecule has 174 valence electrons. The molecule has 11 heteroatoms. The Morgan fingerprint density at radius 3 is 2.57 bits per heavy atom. The van der Waals surface area contributed by atoms with Crippen LogP contribution < -0.4 is 15.2 Å². The molecule has 5 rings (SSSR count). The third-order valence-electron chi connectivity index (χ3n) is 5.11. The summed E-state index contributed by atoms with van der Waals surface area (Å²) in [5.41, 5.74) is 7.15. The van der Waals surface area contributed by atoms with Crippen LogP contribution in [0.1, 0.15) is 15.9 Å². The van der Waals surface area contributed by atoms with Crippen LogP contribution >= 0.6 is 0 Å². The number of nitrogen functional groups attached to an aromatic ring is 1. The van der Waals surface area contributed by atoms with Crippen LogP contribution in [0.15, 0.2) is 90.3 Å². The Bertz CT molecular complexity index is 1630. The first-order valence-corrected chi connectivity index (χ1v) is 11.8. The number of H-pyrrole nitrogens is 1. The number of nitrogens with two attached hydrogens (primary N) is 1. The molecule has 0 unspecified atom stereocenters. The Morgan fingerprint density at radius 1 is 0.971 bits per heavy atom. The number of ketones is 1. The van der Waals surface area contributed by atoms with Crippen molar-refractivity contribution in [1.82, 2.24) is 19.9 Å². The third-order valence-corrected chi connectivity index (χ3v) is 6.51. The van der Waals surface area contributed by atoms with Crippen molar-refractivity contribution in [3.63, 3.8) is 0 Å². The molecule has 3 heterocycles. The van der Waals surface area contributed by atoms with Crippen molar-refractivity contribution in [2.24, 2.45) is 0 Å². The number of benzene rings is 2. The predicted molar refractivity (Wildman–Crippen MR) is 130 cm³/mol. The highest BCUT2D eigenvalue weighted by atomic mass is 32.2. The van der Waals surface area contributed by atoms with E-state index < -0.39 is 10.0 Å². The summed E-state index contributed by atoms with van der Waals surface area (Å²) in [5, 5.41) is 0.413. The Hall–Kier alpha value is -4.77. The maximum atomic E-state index is 13.1. The highest BCUT2D eigenvalue weighted by Crippen LogP contribution is 2.26. The van der Waals surface area contributed by atoms with Crippen molar-refractivity contribution < 1.29 is 17.9 Å². The summed E-state index contributed by atoms with van der Waals surface area (Å²) in [6.45, 7) is 0. The number of fused-ring (bicyclic) bond motifs is 1. The molecule has 0 aliphatic carbocycles. The second-order valence-corrected chi connectivity index (χ2v) is 9.12. The first-order valence-electron chi connectivity index (χ1n) is 10.3. The van der Waals surface area contributed by atoms with Gasteiger partial charge in [0.25, 0.3) is 10.0 Å². The Labute approximate surface area is 199 Å². The molecule has 0 amide bonds. The largest absolute Gasteiger partial charge is 0.439 e. The van der Waals surface area contributed by atoms with Crippen molar-refractivity contribution in [2.75, 3.05) is 10.5 Å². The summed E-state index contributed by atoms with van der Waals surface area (Å²) in [6.07, 6.45) is 4.40. The van der Waals surface area contributed by atoms with Gasteiger partial charge in [0.2, 0.25) is 5.88 Å². The zero-order valence-corrected chi connectivity index (χ0v) is 18.9. The number of pyridine rings is 1. The van der Waals surface area contributed by atoms with Crippen LogP contribution in [-0.2, 0) is 10.0 Å². The number of anilines is 2. The molecule has 10 nitrogen and oxygen atoms in total. The van der Waals surface area contributed by atoms with Gasteiger partial charge in [0.05, 0.1) is 15.8 Å². The molecule has 0 saturated heterocycles. The number of rotatable bonds is 7. The number of carbonyl (C=O) groups excluding carboxylic acids is 1. The van der Waals surface area contributed by atoms with Crippen LogP contribution in [0.4, 0.5) is 11.5 Å². The van der Waals surface area contributed by atoms with Crippen molar-refractivity contribution in [3.05, 3.63) is 96.6 Å². The van der Waals surface area contributed by atoms with Gasteiger partial charge in [0.1, 0.15) is 23.5 Å². The monoisotopic (exact) mass is 486 g/mol. The van der Waals surface area contributed by atoms with Crippen molar-refractivity contribution in [2.45, 2.75) is 4.90 Å². The van der Waals surface area contributed by atoms with E-state index in [-0.39, 0.29) is 27.7 Å². The van der Waals surface area contributed by atoms with Crippen LogP contribution in [0, 0.1) is 0 Å². The second-order valence-electron chi connectivity index (χ2n) is 7.44. The lowest BCUT2D eigenvalue weighted by Gasteiger charge is -2.10. The van der Waals surface area contributed by atoms with E-state index in [0.29, 0.717) is 28.2 Å². The highest BCUT2D eigenvalue weighted by Gasteiger charge is 2.19. The lowest BCUT2D eigenvalue weighted by atomic mass is 10.0. The van der Waals surface area contributed by atoms with E-state index in [2.05, 4.69) is 24.7 Å². The zero-order chi connectivity index (χ0) is 24.4. The van der Waals surface area contributed by atoms with E-state index in [1.165, 1.54) is 42.9 Å². The molecule has 0 aliphatic heterocycles. The normalized spacial score (nSPS) is 11.3. The number of hydrogen-bond donors (Lipinski definition) is 3. The van der Waals surface area contributed by atoms with Gasteiger partial charge in [-0.2, -0.15) is 0 Å². The molecule has 0 aliphatic rings. The number of carbonyl (C=O) groups is 1. The van der Waals surface area contributed by atoms with E-state index in [1.807, 2.05) is 0 Å². The average Bonchev–Trinajstić information content (AvgIpc) is 3.30. The van der Waals surface area contributed by atoms with Crippen LogP contribution in [0.2, 0.25) is 0 Å². The summed E-state index contributed by atoms with van der Waals surface area (Å²) in [7, 11) is -3.92. The number of aromatic amines is 1. The zero-order valence-electron chi connectivity index (χ0n) is 18.0. The van der Waals surface area contributed by atoms with Gasteiger partial charge in [0.15, 0.2) is 5.78 Å². The van der Waals surface area contributed by atoms with Crippen molar-refractivity contribution in [3.8, 4) is 11.6 Å². The topological polar surface area (TPSA) is 153 Å². The van der Waals surface area contributed by atoms with Crippen LogP contribution in [-0.4, -0.2) is 34.1 Å². The van der Waals surface area contributed by atoms with Gasteiger partial charge in [-0.05, 0) is 42.5 Å². The average molecular weight is 487 g/mol. The molecule has 2 aromatic carbocycles. The Balaban J connectivity index is 1.36. The van der Waals surface area contributed by atoms with Crippen LogP contribution in [0.5, 0.6) is 11.6 Å². The van der Waals surface area contributed by atoms with E-state index in [1.54, 1.807) is 42.6 Å². The lowest BCUT2D eigenvalue weighted by Crippen LogP contribution is -2.13. The molecule has 0 atom stereocenters. The van der Waals surface area contributed by atoms with Gasteiger partial charge in [0, 0.05) is 29.7 Å². The van der Waals surface area contributed by atoms with E-state index in [0.717, 1.165) is 0 Å². The summed E-state index contributed by atoms with van der Waals surface area (Å²) in [4.78, 5) is 28.1. The first-order chi connectivity index (χ1) is 16.9. The summed E-state index contributed by atoms with van der Waals surface area (Å²) >= 11 is 0. The number of hydrogen-bond acceptors (Lipinski definition) is 8. The standard InChI is InChI=1S/C24H18N6O4S/c25-23-21-19(13-27-24(21)29-14-28-23)22(31)15-4-3-5-16(12-15)30-35(32,33)18-9-7-17(8-10-18)34-20-6-1-2-11-26-20/h1-14,30H,(H3,25,27,28,29). The maximum Gasteiger partial charge on any atom is 0.261 e. The highest BCUT2D eigenvalue weighted by molar-refractivity contribution is 7.92. The molecule has 0 bridgehead atoms. The molecule has 0 radical (unpaired) electrons. The number of nitrogens with zero attached hydrogens (tertiary/aromatic N) is 3. The fraction of sp³-hybridized carbons (Fsp3) is 0. The minimum absolute atomic E-state index is 0.0316. The predicted octanol–water partition coefficient (Wildman–Crippen LogP) is 3.76. The van der Waals surface area contributed by atoms with E-state index in [4.69, 9.17) is 10.5 Å². The first kappa shape index (κ1) is 22.0. The van der Waals surface area contributed by atoms with E-state index in [9.17, 15) is 13.2 Å². The number of ether oxygens (including phenoxy) is 1. The maximum absolute atomic E-state index is 13.1. The van der Waals surface area contributed by atoms with Gasteiger partial charge in [-0.15, -0.1) is 0 Å². The van der Waals surface area contributed by atoms with Crippen LogP contribution in [0.25, 0.3) is 11.0 Å². The molecule has 3 aromatic heterocycles. The molecule has 5 aromatic rings. The summed E-state index contributed by atoms with van der Waals surface area (Å²) < 4.78 is 33.9. The minimum Gasteiger partial charge on any atom is -0.439 e. The van der Waals surface area contributed by atoms with Gasteiger partial charge in [-0.3, -0.25) is 9.52 Å². The molecule has 35 heavy (non-hydrogen) atoms. The fourth-order valence-electron chi connectivity index (χ4n) is 3.47. The number of aromatic nitrogens is 4. The molecule has 0 fully saturated rings. The third kappa shape index (κ3) is 4.52.